The van der Waals surface area contributed by atoms with Crippen LogP contribution in [-0.4, -0.2) is 38.4 Å². The van der Waals surface area contributed by atoms with E-state index in [1.54, 1.807) is 7.11 Å². The summed E-state index contributed by atoms with van der Waals surface area (Å²) in [6, 6.07) is 0. The molecule has 1 aliphatic rings. The van der Waals surface area contributed by atoms with Gasteiger partial charge >= 0.3 is 11.9 Å². The van der Waals surface area contributed by atoms with Gasteiger partial charge in [0.2, 0.25) is 0 Å². The second-order valence-electron chi connectivity index (χ2n) is 4.47. The van der Waals surface area contributed by atoms with E-state index in [-0.39, 0.29) is 36.0 Å². The first kappa shape index (κ1) is 14.0. The maximum Gasteiger partial charge on any atom is 0.308 e. The fourth-order valence-electron chi connectivity index (χ4n) is 2.36. The van der Waals surface area contributed by atoms with Crippen LogP contribution in [0.15, 0.2) is 0 Å². The lowest BCUT2D eigenvalue weighted by Gasteiger charge is -2.37. The largest absolute Gasteiger partial charge is 0.469 e. The van der Waals surface area contributed by atoms with Gasteiger partial charge in [0.1, 0.15) is 6.10 Å². The van der Waals surface area contributed by atoms with E-state index in [0.717, 1.165) is 0 Å². The Hall–Kier alpha value is -1.10. The van der Waals surface area contributed by atoms with Crippen LogP contribution in [0.3, 0.4) is 0 Å². The monoisotopic (exact) mass is 244 g/mol. The molecule has 1 saturated carbocycles. The Kier molecular flexibility index (Phi) is 4.93. The van der Waals surface area contributed by atoms with Crippen molar-refractivity contribution in [1.29, 1.82) is 0 Å². The summed E-state index contributed by atoms with van der Waals surface area (Å²) in [5.74, 6) is -0.770. The molecule has 0 radical (unpaired) electrons. The Labute approximate surface area is 101 Å². The van der Waals surface area contributed by atoms with Gasteiger partial charge in [-0.1, -0.05) is 6.92 Å². The number of ether oxygens (including phenoxy) is 3. The van der Waals surface area contributed by atoms with Gasteiger partial charge in [0.15, 0.2) is 0 Å². The molecule has 0 aromatic carbocycles. The van der Waals surface area contributed by atoms with Crippen LogP contribution >= 0.6 is 0 Å². The van der Waals surface area contributed by atoms with E-state index in [4.69, 9.17) is 14.2 Å². The van der Waals surface area contributed by atoms with E-state index in [1.807, 2.05) is 6.92 Å². The number of hydrogen-bond acceptors (Lipinski definition) is 5. The Bertz CT molecular complexity index is 289. The van der Waals surface area contributed by atoms with Crippen LogP contribution < -0.4 is 0 Å². The lowest BCUT2D eigenvalue weighted by molar-refractivity contribution is -0.165. The average Bonchev–Trinajstić information content (AvgIpc) is 2.30. The third-order valence-corrected chi connectivity index (χ3v) is 3.36. The fourth-order valence-corrected chi connectivity index (χ4v) is 2.36. The first-order valence-electron chi connectivity index (χ1n) is 5.77. The minimum absolute atomic E-state index is 0.0859. The third kappa shape index (κ3) is 3.43. The molecule has 1 rings (SSSR count). The molecular weight excluding hydrogens is 224 g/mol. The molecule has 0 spiro atoms. The van der Waals surface area contributed by atoms with Gasteiger partial charge in [-0.3, -0.25) is 9.59 Å². The van der Waals surface area contributed by atoms with Crippen molar-refractivity contribution in [2.45, 2.75) is 38.9 Å². The van der Waals surface area contributed by atoms with E-state index in [0.29, 0.717) is 12.8 Å². The summed E-state index contributed by atoms with van der Waals surface area (Å²) in [5.41, 5.74) is 0. The Morgan fingerprint density at radius 3 is 2.18 bits per heavy atom. The van der Waals surface area contributed by atoms with E-state index in [9.17, 15) is 9.59 Å². The molecule has 0 heterocycles. The van der Waals surface area contributed by atoms with E-state index < -0.39 is 0 Å². The molecule has 1 aliphatic carbocycles. The van der Waals surface area contributed by atoms with Crippen molar-refractivity contribution in [3.63, 3.8) is 0 Å². The Morgan fingerprint density at radius 2 is 1.71 bits per heavy atom. The van der Waals surface area contributed by atoms with Crippen molar-refractivity contribution in [2.75, 3.05) is 14.2 Å². The van der Waals surface area contributed by atoms with Gasteiger partial charge in [0.25, 0.3) is 0 Å². The predicted octanol–water partition coefficient (Wildman–Crippen LogP) is 1.15. The number of rotatable bonds is 3. The lowest BCUT2D eigenvalue weighted by atomic mass is 9.78. The zero-order valence-electron chi connectivity index (χ0n) is 10.8. The highest BCUT2D eigenvalue weighted by Gasteiger charge is 2.40. The molecule has 0 unspecified atom stereocenters. The summed E-state index contributed by atoms with van der Waals surface area (Å²) in [6.07, 6.45) is 0.752. The molecule has 0 aromatic heterocycles. The van der Waals surface area contributed by atoms with Gasteiger partial charge in [-0.25, -0.2) is 0 Å². The molecule has 0 amide bonds. The van der Waals surface area contributed by atoms with Crippen LogP contribution in [-0.2, 0) is 23.8 Å². The van der Waals surface area contributed by atoms with Crippen LogP contribution in [0, 0.1) is 11.8 Å². The van der Waals surface area contributed by atoms with Gasteiger partial charge < -0.3 is 14.2 Å². The quantitative estimate of drug-likeness (QED) is 0.697. The summed E-state index contributed by atoms with van der Waals surface area (Å²) in [7, 11) is 2.97. The minimum atomic E-state index is -0.331. The molecule has 4 atom stereocenters. The van der Waals surface area contributed by atoms with Crippen LogP contribution in [0.25, 0.3) is 0 Å². The molecule has 0 saturated heterocycles. The van der Waals surface area contributed by atoms with Crippen molar-refractivity contribution >= 4 is 11.9 Å². The van der Waals surface area contributed by atoms with Gasteiger partial charge in [-0.05, 0) is 12.8 Å². The second kappa shape index (κ2) is 6.00. The van der Waals surface area contributed by atoms with Crippen molar-refractivity contribution in [3.8, 4) is 0 Å². The maximum absolute atomic E-state index is 11.5. The topological polar surface area (TPSA) is 61.8 Å². The standard InChI is InChI=1S/C12H20O5/c1-7-10(15-3)5-9(12(14)16-4)6-11(7)17-8(2)13/h7,9-11H,5-6H2,1-4H3/t7-,9+,10-,11+/m0/s1. The van der Waals surface area contributed by atoms with E-state index >= 15 is 0 Å². The summed E-state index contributed by atoms with van der Waals surface area (Å²) < 4.78 is 15.3. The van der Waals surface area contributed by atoms with E-state index in [2.05, 4.69) is 0 Å². The molecule has 5 nitrogen and oxygen atoms in total. The van der Waals surface area contributed by atoms with Crippen LogP contribution in [0.4, 0.5) is 0 Å². The average molecular weight is 244 g/mol. The lowest BCUT2D eigenvalue weighted by Crippen LogP contribution is -2.43. The molecule has 5 heteroatoms. The highest BCUT2D eigenvalue weighted by Crippen LogP contribution is 2.33. The third-order valence-electron chi connectivity index (χ3n) is 3.36. The molecule has 98 valence electrons. The molecule has 0 aliphatic heterocycles. The summed E-state index contributed by atoms with van der Waals surface area (Å²) in [5, 5.41) is 0. The van der Waals surface area contributed by atoms with Crippen molar-refractivity contribution in [2.24, 2.45) is 11.8 Å². The summed E-state index contributed by atoms with van der Waals surface area (Å²) >= 11 is 0. The highest BCUT2D eigenvalue weighted by molar-refractivity contribution is 5.72. The first-order valence-corrected chi connectivity index (χ1v) is 5.77. The number of hydrogen-bond donors (Lipinski definition) is 0. The number of carbonyl (C=O) groups excluding carboxylic acids is 2. The summed E-state index contributed by atoms with van der Waals surface area (Å²) in [6.45, 7) is 3.34. The minimum Gasteiger partial charge on any atom is -0.469 e. The normalized spacial score (nSPS) is 32.9. The molecule has 0 bridgehead atoms. The molecule has 17 heavy (non-hydrogen) atoms. The zero-order chi connectivity index (χ0) is 13.0. The molecule has 0 N–H and O–H groups in total. The van der Waals surface area contributed by atoms with E-state index in [1.165, 1.54) is 14.0 Å². The fraction of sp³-hybridized carbons (Fsp3) is 0.833. The predicted molar refractivity (Wildman–Crippen MR) is 60.3 cm³/mol. The van der Waals surface area contributed by atoms with Gasteiger partial charge in [-0.2, -0.15) is 0 Å². The SMILES string of the molecule is COC(=O)[C@@H]1C[C@H](OC)[C@H](C)[C@H](OC(C)=O)C1. The van der Waals surface area contributed by atoms with Gasteiger partial charge in [0.05, 0.1) is 19.1 Å². The zero-order valence-corrected chi connectivity index (χ0v) is 10.8. The van der Waals surface area contributed by atoms with Crippen molar-refractivity contribution in [1.82, 2.24) is 0 Å². The summed E-state index contributed by atoms with van der Waals surface area (Å²) in [4.78, 5) is 22.6. The Balaban J connectivity index is 2.75. The van der Waals surface area contributed by atoms with Crippen molar-refractivity contribution < 1.29 is 23.8 Å². The molecule has 1 fully saturated rings. The van der Waals surface area contributed by atoms with Gasteiger partial charge in [-0.15, -0.1) is 0 Å². The number of esters is 2. The molecule has 0 aromatic rings. The van der Waals surface area contributed by atoms with Crippen LogP contribution in [0.2, 0.25) is 0 Å². The number of carbonyl (C=O) groups is 2. The highest BCUT2D eigenvalue weighted by atomic mass is 16.5. The van der Waals surface area contributed by atoms with Crippen molar-refractivity contribution in [3.05, 3.63) is 0 Å². The smallest absolute Gasteiger partial charge is 0.308 e. The van der Waals surface area contributed by atoms with Crippen LogP contribution in [0.1, 0.15) is 26.7 Å². The molecular formula is C12H20O5. The Morgan fingerprint density at radius 1 is 1.12 bits per heavy atom. The van der Waals surface area contributed by atoms with Crippen LogP contribution in [0.5, 0.6) is 0 Å². The van der Waals surface area contributed by atoms with Gasteiger partial charge in [0, 0.05) is 20.0 Å². The second-order valence-corrected chi connectivity index (χ2v) is 4.47. The maximum atomic E-state index is 11.5. The first-order chi connectivity index (χ1) is 7.99. The number of methoxy groups -OCH3 is 2.